The first kappa shape index (κ1) is 29.8. The highest BCUT2D eigenvalue weighted by atomic mass is 19.1. The van der Waals surface area contributed by atoms with Crippen LogP contribution >= 0.6 is 0 Å². The highest BCUT2D eigenvalue weighted by Gasteiger charge is 2.28. The highest BCUT2D eigenvalue weighted by Crippen LogP contribution is 2.35. The van der Waals surface area contributed by atoms with E-state index in [1.807, 2.05) is 41.0 Å². The summed E-state index contributed by atoms with van der Waals surface area (Å²) in [5.41, 5.74) is 3.39. The van der Waals surface area contributed by atoms with Crippen molar-refractivity contribution >= 4 is 23.4 Å². The standard InChI is InChI=1S/C33H41FN8O2/c1-2-3-22-44-33(43)35-15-7-16-39-18-20-40(21-19-39)31-12-5-10-27(37-31)29-24-36-30-13-14-32(38-42(29)30)41-17-6-11-28(41)25-8-4-9-26(34)23-25/h4-5,8-10,12-14,23-24,28H,2-3,6-7,11,15-22H2,1H3,(H,35,43)/t28-/m1/s1. The predicted molar refractivity (Wildman–Crippen MR) is 169 cm³/mol. The summed E-state index contributed by atoms with van der Waals surface area (Å²) >= 11 is 0. The number of unbranched alkanes of at least 4 members (excludes halogenated alkanes) is 1. The third kappa shape index (κ3) is 6.93. The number of fused-ring (bicyclic) bond motifs is 1. The Labute approximate surface area is 257 Å². The summed E-state index contributed by atoms with van der Waals surface area (Å²) in [6, 6.07) is 17.1. The van der Waals surface area contributed by atoms with E-state index in [1.165, 1.54) is 6.07 Å². The van der Waals surface area contributed by atoms with Gasteiger partial charge in [-0.2, -0.15) is 0 Å². The van der Waals surface area contributed by atoms with Crippen molar-refractivity contribution in [3.05, 3.63) is 72.2 Å². The predicted octanol–water partition coefficient (Wildman–Crippen LogP) is 5.31. The summed E-state index contributed by atoms with van der Waals surface area (Å²) in [5, 5.41) is 7.84. The molecule has 0 bridgehead atoms. The number of nitrogens with one attached hydrogen (secondary N) is 1. The van der Waals surface area contributed by atoms with Crippen LogP contribution in [0.2, 0.25) is 0 Å². The molecule has 0 unspecified atom stereocenters. The van der Waals surface area contributed by atoms with Crippen molar-refractivity contribution in [2.75, 3.05) is 62.2 Å². The monoisotopic (exact) mass is 600 g/mol. The molecule has 5 heterocycles. The van der Waals surface area contributed by atoms with Crippen molar-refractivity contribution in [3.63, 3.8) is 0 Å². The number of alkyl carbamates (subject to hydrolysis) is 1. The summed E-state index contributed by atoms with van der Waals surface area (Å²) in [6.45, 7) is 8.62. The Morgan fingerprint density at radius 2 is 1.89 bits per heavy atom. The molecule has 10 nitrogen and oxygen atoms in total. The number of carbonyl (C=O) groups excluding carboxylic acids is 1. The first-order valence-electron chi connectivity index (χ1n) is 15.8. The van der Waals surface area contributed by atoms with Crippen molar-refractivity contribution in [3.8, 4) is 11.4 Å². The van der Waals surface area contributed by atoms with Gasteiger partial charge >= 0.3 is 6.09 Å². The molecule has 0 radical (unpaired) electrons. The topological polar surface area (TPSA) is 91.1 Å². The lowest BCUT2D eigenvalue weighted by Gasteiger charge is -2.35. The fourth-order valence-corrected chi connectivity index (χ4v) is 6.09. The van der Waals surface area contributed by atoms with Crippen molar-refractivity contribution in [1.82, 2.24) is 29.8 Å². The van der Waals surface area contributed by atoms with Crippen LogP contribution in [0.1, 0.15) is 50.6 Å². The largest absolute Gasteiger partial charge is 0.450 e. The minimum absolute atomic E-state index is 0.0889. The van der Waals surface area contributed by atoms with Crippen LogP contribution in [0, 0.1) is 5.82 Å². The molecule has 1 N–H and O–H groups in total. The van der Waals surface area contributed by atoms with Crippen molar-refractivity contribution in [2.45, 2.75) is 45.1 Å². The van der Waals surface area contributed by atoms with Crippen LogP contribution in [0.15, 0.2) is 60.8 Å². The Morgan fingerprint density at radius 1 is 1.02 bits per heavy atom. The summed E-state index contributed by atoms with van der Waals surface area (Å²) in [6.07, 6.45) is 6.29. The zero-order valence-electron chi connectivity index (χ0n) is 25.4. The number of anilines is 2. The van der Waals surface area contributed by atoms with Gasteiger partial charge in [0.25, 0.3) is 0 Å². The quantitative estimate of drug-likeness (QED) is 0.232. The molecule has 0 saturated carbocycles. The summed E-state index contributed by atoms with van der Waals surface area (Å²) in [4.78, 5) is 28.4. The lowest BCUT2D eigenvalue weighted by Crippen LogP contribution is -2.47. The maximum atomic E-state index is 14.0. The number of imidazole rings is 1. The number of hydrogen-bond acceptors (Lipinski definition) is 8. The van der Waals surface area contributed by atoms with Gasteiger partial charge in [0.15, 0.2) is 5.65 Å². The minimum atomic E-state index is -0.323. The number of benzene rings is 1. The van der Waals surface area contributed by atoms with E-state index in [-0.39, 0.29) is 18.0 Å². The van der Waals surface area contributed by atoms with Gasteiger partial charge in [-0.15, -0.1) is 5.10 Å². The number of amides is 1. The molecular weight excluding hydrogens is 559 g/mol. The average molecular weight is 601 g/mol. The first-order valence-corrected chi connectivity index (χ1v) is 15.8. The van der Waals surface area contributed by atoms with Crippen LogP contribution in [0.4, 0.5) is 20.8 Å². The van der Waals surface area contributed by atoms with Gasteiger partial charge in [-0.05, 0) is 74.2 Å². The summed E-state index contributed by atoms with van der Waals surface area (Å²) < 4.78 is 21.0. The molecule has 232 valence electrons. The van der Waals surface area contributed by atoms with E-state index in [9.17, 15) is 9.18 Å². The molecule has 2 saturated heterocycles. The Kier molecular flexibility index (Phi) is 9.50. The van der Waals surface area contributed by atoms with Gasteiger partial charge in [0.1, 0.15) is 23.1 Å². The molecule has 2 aliphatic heterocycles. The van der Waals surface area contributed by atoms with E-state index in [1.54, 1.807) is 12.1 Å². The number of aromatic nitrogens is 4. The molecule has 1 aromatic carbocycles. The van der Waals surface area contributed by atoms with Gasteiger partial charge in [0, 0.05) is 39.3 Å². The molecular formula is C33H41FN8O2. The second-order valence-corrected chi connectivity index (χ2v) is 11.5. The summed E-state index contributed by atoms with van der Waals surface area (Å²) in [7, 11) is 0. The molecule has 2 fully saturated rings. The molecule has 0 aliphatic carbocycles. The molecule has 0 spiro atoms. The van der Waals surface area contributed by atoms with Crippen molar-refractivity contribution in [1.29, 1.82) is 0 Å². The van der Waals surface area contributed by atoms with E-state index in [2.05, 4.69) is 38.0 Å². The van der Waals surface area contributed by atoms with Crippen LogP contribution in [0.25, 0.3) is 17.0 Å². The Morgan fingerprint density at radius 3 is 2.73 bits per heavy atom. The molecule has 1 amide bonds. The van der Waals surface area contributed by atoms with E-state index in [0.29, 0.717) is 13.2 Å². The van der Waals surface area contributed by atoms with Crippen molar-refractivity contribution < 1.29 is 13.9 Å². The SMILES string of the molecule is CCCCOC(=O)NCCCN1CCN(c2cccc(-c3cnc4ccc(N5CCC[C@@H]5c5cccc(F)c5)nn34)n2)CC1. The Hall–Kier alpha value is -4.25. The fourth-order valence-electron chi connectivity index (χ4n) is 6.09. The van der Waals surface area contributed by atoms with E-state index < -0.39 is 0 Å². The molecule has 4 aromatic rings. The van der Waals surface area contributed by atoms with E-state index in [0.717, 1.165) is 106 Å². The molecule has 44 heavy (non-hydrogen) atoms. The number of hydrogen-bond donors (Lipinski definition) is 1. The second kappa shape index (κ2) is 14.0. The Bertz CT molecular complexity index is 1550. The number of pyridine rings is 1. The smallest absolute Gasteiger partial charge is 0.407 e. The molecule has 6 rings (SSSR count). The van der Waals surface area contributed by atoms with Crippen molar-refractivity contribution in [2.24, 2.45) is 0 Å². The fraction of sp³-hybridized carbons (Fsp3) is 0.455. The second-order valence-electron chi connectivity index (χ2n) is 11.5. The van der Waals surface area contributed by atoms with Crippen LogP contribution in [0.3, 0.4) is 0 Å². The maximum Gasteiger partial charge on any atom is 0.407 e. The zero-order valence-corrected chi connectivity index (χ0v) is 25.4. The molecule has 2 aliphatic rings. The average Bonchev–Trinajstić information content (AvgIpc) is 3.71. The number of piperazine rings is 1. The lowest BCUT2D eigenvalue weighted by molar-refractivity contribution is 0.144. The number of nitrogens with zero attached hydrogens (tertiary/aromatic N) is 7. The van der Waals surface area contributed by atoms with Gasteiger partial charge in [0.05, 0.1) is 24.5 Å². The molecule has 11 heteroatoms. The van der Waals surface area contributed by atoms with Crippen LogP contribution in [0.5, 0.6) is 0 Å². The minimum Gasteiger partial charge on any atom is -0.450 e. The number of carbonyl (C=O) groups is 1. The third-order valence-corrected chi connectivity index (χ3v) is 8.47. The van der Waals surface area contributed by atoms with Gasteiger partial charge in [-0.3, -0.25) is 4.90 Å². The first-order chi connectivity index (χ1) is 21.6. The molecule has 3 aromatic heterocycles. The third-order valence-electron chi connectivity index (χ3n) is 8.47. The van der Waals surface area contributed by atoms with Gasteiger partial charge in [-0.25, -0.2) is 23.7 Å². The number of rotatable bonds is 11. The van der Waals surface area contributed by atoms with Gasteiger partial charge in [-0.1, -0.05) is 31.5 Å². The summed E-state index contributed by atoms with van der Waals surface area (Å²) in [5.74, 6) is 1.57. The molecule has 1 atom stereocenters. The zero-order chi connectivity index (χ0) is 30.3. The Balaban J connectivity index is 1.08. The van der Waals surface area contributed by atoms with E-state index in [4.69, 9.17) is 14.8 Å². The number of ether oxygens (including phenoxy) is 1. The lowest BCUT2D eigenvalue weighted by atomic mass is 10.0. The number of halogens is 1. The van der Waals surface area contributed by atoms with E-state index >= 15 is 0 Å². The maximum absolute atomic E-state index is 14.0. The van der Waals surface area contributed by atoms with Crippen LogP contribution in [-0.2, 0) is 4.74 Å². The van der Waals surface area contributed by atoms with Gasteiger partial charge < -0.3 is 19.9 Å². The van der Waals surface area contributed by atoms with Crippen LogP contribution in [-0.4, -0.2) is 83.0 Å². The highest BCUT2D eigenvalue weighted by molar-refractivity contribution is 5.67. The van der Waals surface area contributed by atoms with Gasteiger partial charge in [0.2, 0.25) is 0 Å². The van der Waals surface area contributed by atoms with Crippen LogP contribution < -0.4 is 15.1 Å². The normalized spacial score (nSPS) is 17.4.